The molecule has 0 spiro atoms. The molecular weight excluding hydrogens is 645 g/mol. The lowest BCUT2D eigenvalue weighted by molar-refractivity contribution is -0.161. The predicted molar refractivity (Wildman–Crippen MR) is 223 cm³/mol. The second kappa shape index (κ2) is 42.0. The molecule has 0 fully saturated rings. The van der Waals surface area contributed by atoms with Crippen molar-refractivity contribution in [3.63, 3.8) is 0 Å². The first-order valence-corrected chi connectivity index (χ1v) is 20.4. The highest BCUT2D eigenvalue weighted by molar-refractivity contribution is 5.70. The van der Waals surface area contributed by atoms with Crippen LogP contribution in [0.4, 0.5) is 0 Å². The van der Waals surface area contributed by atoms with Crippen molar-refractivity contribution >= 4 is 11.9 Å². The van der Waals surface area contributed by atoms with Crippen LogP contribution in [0.1, 0.15) is 155 Å². The van der Waals surface area contributed by atoms with Gasteiger partial charge in [-0.15, -0.1) is 0 Å². The van der Waals surface area contributed by atoms with Crippen LogP contribution in [0.5, 0.6) is 0 Å². The third-order valence-electron chi connectivity index (χ3n) is 8.05. The van der Waals surface area contributed by atoms with Crippen LogP contribution in [-0.4, -0.2) is 36.4 Å². The average Bonchev–Trinajstić information content (AvgIpc) is 3.15. The van der Waals surface area contributed by atoms with Gasteiger partial charge in [-0.05, 0) is 103 Å². The van der Waals surface area contributed by atoms with E-state index in [0.29, 0.717) is 12.8 Å². The molecular formula is C47H74O5. The Bertz CT molecular complexity index is 1090. The fourth-order valence-electron chi connectivity index (χ4n) is 4.97. The van der Waals surface area contributed by atoms with Gasteiger partial charge in [0.15, 0.2) is 6.10 Å². The molecule has 1 atom stereocenters. The van der Waals surface area contributed by atoms with Crippen molar-refractivity contribution in [2.75, 3.05) is 13.2 Å². The third kappa shape index (κ3) is 39.3. The standard InChI is InChI=1S/C47H74O5/c1-3-5-7-9-11-13-15-17-19-21-23-25-27-29-31-33-35-37-39-41-46(49)51-44-45(43-48)52-47(50)42-40-38-36-34-32-30-28-26-24-22-20-18-16-14-12-10-8-6-4-2/h6,8,11-14,17-20,23-26,29-32,45,48H,3-5,7,9-10,15-16,21-22,27-28,33-44H2,1-2H3. The van der Waals surface area contributed by atoms with Crippen LogP contribution >= 0.6 is 0 Å². The predicted octanol–water partition coefficient (Wildman–Crippen LogP) is 13.1. The van der Waals surface area contributed by atoms with E-state index in [1.165, 1.54) is 25.7 Å². The van der Waals surface area contributed by atoms with Crippen LogP contribution in [0.25, 0.3) is 0 Å². The summed E-state index contributed by atoms with van der Waals surface area (Å²) in [5.74, 6) is -0.677. The van der Waals surface area contributed by atoms with Crippen LogP contribution < -0.4 is 0 Å². The van der Waals surface area contributed by atoms with E-state index in [9.17, 15) is 14.7 Å². The Hall–Kier alpha value is -3.44. The second-order valence-electron chi connectivity index (χ2n) is 13.0. The molecule has 52 heavy (non-hydrogen) atoms. The quantitative estimate of drug-likeness (QED) is 0.0401. The molecule has 0 bridgehead atoms. The number of hydrogen-bond acceptors (Lipinski definition) is 5. The maximum Gasteiger partial charge on any atom is 0.306 e. The molecule has 0 saturated heterocycles. The smallest absolute Gasteiger partial charge is 0.306 e. The van der Waals surface area contributed by atoms with Crippen molar-refractivity contribution in [3.05, 3.63) is 109 Å². The highest BCUT2D eigenvalue weighted by Gasteiger charge is 2.16. The van der Waals surface area contributed by atoms with Gasteiger partial charge in [-0.25, -0.2) is 0 Å². The molecule has 292 valence electrons. The summed E-state index contributed by atoms with van der Waals surface area (Å²) >= 11 is 0. The molecule has 0 aliphatic carbocycles. The van der Waals surface area contributed by atoms with E-state index in [-0.39, 0.29) is 25.2 Å². The zero-order valence-corrected chi connectivity index (χ0v) is 33.0. The summed E-state index contributed by atoms with van der Waals surface area (Å²) in [6.45, 7) is 3.92. The number of hydrogen-bond donors (Lipinski definition) is 1. The monoisotopic (exact) mass is 719 g/mol. The lowest BCUT2D eigenvalue weighted by Crippen LogP contribution is -2.28. The lowest BCUT2D eigenvalue weighted by Gasteiger charge is -2.15. The molecule has 5 heteroatoms. The number of allylic oxidation sites excluding steroid dienone is 18. The molecule has 0 saturated carbocycles. The number of esters is 2. The first-order chi connectivity index (χ1) is 25.6. The van der Waals surface area contributed by atoms with E-state index in [1.54, 1.807) is 0 Å². The van der Waals surface area contributed by atoms with E-state index in [1.807, 2.05) is 0 Å². The molecule has 0 rings (SSSR count). The number of aliphatic hydroxyl groups is 1. The summed E-state index contributed by atoms with van der Waals surface area (Å²) in [5, 5.41) is 9.56. The topological polar surface area (TPSA) is 72.8 Å². The minimum Gasteiger partial charge on any atom is -0.462 e. The van der Waals surface area contributed by atoms with Gasteiger partial charge < -0.3 is 14.6 Å². The van der Waals surface area contributed by atoms with Gasteiger partial charge in [0.25, 0.3) is 0 Å². The molecule has 0 aromatic carbocycles. The van der Waals surface area contributed by atoms with E-state index in [0.717, 1.165) is 103 Å². The zero-order valence-electron chi connectivity index (χ0n) is 33.0. The normalized spacial score (nSPS) is 13.4. The lowest BCUT2D eigenvalue weighted by atomic mass is 10.1. The van der Waals surface area contributed by atoms with Crippen LogP contribution in [0.2, 0.25) is 0 Å². The van der Waals surface area contributed by atoms with Gasteiger partial charge in [-0.1, -0.05) is 149 Å². The molecule has 0 heterocycles. The summed E-state index contributed by atoms with van der Waals surface area (Å²) < 4.78 is 10.6. The Kier molecular flexibility index (Phi) is 39.2. The Balaban J connectivity index is 3.74. The number of aliphatic hydroxyl groups excluding tert-OH is 1. The average molecular weight is 719 g/mol. The zero-order chi connectivity index (χ0) is 37.8. The van der Waals surface area contributed by atoms with E-state index in [2.05, 4.69) is 123 Å². The van der Waals surface area contributed by atoms with Crippen molar-refractivity contribution in [2.24, 2.45) is 0 Å². The Morgan fingerprint density at radius 2 is 0.827 bits per heavy atom. The number of unbranched alkanes of at least 4 members (excludes halogenated alkanes) is 9. The number of carbonyl (C=O) groups is 2. The Morgan fingerprint density at radius 1 is 0.462 bits per heavy atom. The van der Waals surface area contributed by atoms with Crippen LogP contribution in [0.3, 0.4) is 0 Å². The van der Waals surface area contributed by atoms with Crippen molar-refractivity contribution in [1.82, 2.24) is 0 Å². The second-order valence-corrected chi connectivity index (χ2v) is 13.0. The van der Waals surface area contributed by atoms with Gasteiger partial charge >= 0.3 is 11.9 Å². The largest absolute Gasteiger partial charge is 0.462 e. The first-order valence-electron chi connectivity index (χ1n) is 20.4. The molecule has 1 unspecified atom stereocenters. The van der Waals surface area contributed by atoms with Crippen molar-refractivity contribution in [2.45, 2.75) is 161 Å². The van der Waals surface area contributed by atoms with Crippen molar-refractivity contribution in [3.8, 4) is 0 Å². The summed E-state index contributed by atoms with van der Waals surface area (Å²) in [5.41, 5.74) is 0. The van der Waals surface area contributed by atoms with Gasteiger partial charge in [-0.2, -0.15) is 0 Å². The van der Waals surface area contributed by atoms with Gasteiger partial charge in [0.05, 0.1) is 6.61 Å². The number of ether oxygens (including phenoxy) is 2. The minimum atomic E-state index is -0.810. The van der Waals surface area contributed by atoms with Gasteiger partial charge in [0, 0.05) is 12.8 Å². The summed E-state index contributed by atoms with van der Waals surface area (Å²) in [6, 6.07) is 0. The molecule has 1 N–H and O–H groups in total. The maximum absolute atomic E-state index is 12.2. The fraction of sp³-hybridized carbons (Fsp3) is 0.574. The Labute approximate surface area is 319 Å². The Morgan fingerprint density at radius 3 is 1.21 bits per heavy atom. The third-order valence-corrected chi connectivity index (χ3v) is 8.05. The molecule has 0 aromatic rings. The van der Waals surface area contributed by atoms with E-state index >= 15 is 0 Å². The molecule has 0 aromatic heterocycles. The van der Waals surface area contributed by atoms with Gasteiger partial charge in [-0.3, -0.25) is 9.59 Å². The highest BCUT2D eigenvalue weighted by Crippen LogP contribution is 2.09. The van der Waals surface area contributed by atoms with Crippen LogP contribution in [0.15, 0.2) is 109 Å². The molecule has 0 aliphatic rings. The summed E-state index contributed by atoms with van der Waals surface area (Å²) in [4.78, 5) is 24.3. The molecule has 5 nitrogen and oxygen atoms in total. The highest BCUT2D eigenvalue weighted by atomic mass is 16.6. The van der Waals surface area contributed by atoms with Crippen LogP contribution in [0, 0.1) is 0 Å². The SMILES string of the molecule is CCC=CCC=CCC=CCC=CCC=CCCCCCC(=O)OC(CO)COC(=O)CCCCCC=CCC=CCC=CCC=CCCCCC. The first kappa shape index (κ1) is 48.6. The van der Waals surface area contributed by atoms with Crippen LogP contribution in [-0.2, 0) is 19.1 Å². The summed E-state index contributed by atoms with van der Waals surface area (Å²) in [7, 11) is 0. The fourth-order valence-corrected chi connectivity index (χ4v) is 4.97. The molecule has 0 radical (unpaired) electrons. The van der Waals surface area contributed by atoms with Crippen molar-refractivity contribution in [1.29, 1.82) is 0 Å². The molecule has 0 aliphatic heterocycles. The molecule has 0 amide bonds. The minimum absolute atomic E-state index is 0.104. The van der Waals surface area contributed by atoms with Crippen molar-refractivity contribution < 1.29 is 24.2 Å². The van der Waals surface area contributed by atoms with E-state index < -0.39 is 6.10 Å². The maximum atomic E-state index is 12.2. The van der Waals surface area contributed by atoms with E-state index in [4.69, 9.17) is 9.47 Å². The van der Waals surface area contributed by atoms with Gasteiger partial charge in [0.1, 0.15) is 6.61 Å². The number of carbonyl (C=O) groups excluding carboxylic acids is 2. The number of rotatable bonds is 35. The summed E-state index contributed by atoms with van der Waals surface area (Å²) in [6.07, 6.45) is 60.0. The van der Waals surface area contributed by atoms with Gasteiger partial charge in [0.2, 0.25) is 0 Å².